The molecule has 5 nitrogen and oxygen atoms in total. The molecular weight excluding hydrogens is 357 g/mol. The summed E-state index contributed by atoms with van der Waals surface area (Å²) in [7, 11) is 1.64. The molecule has 0 spiro atoms. The van der Waals surface area contributed by atoms with Gasteiger partial charge in [-0.25, -0.2) is 4.39 Å². The number of hydrogen-bond acceptors (Lipinski definition) is 4. The molecule has 1 heterocycles. The molecule has 1 fully saturated rings. The van der Waals surface area contributed by atoms with Crippen LogP contribution in [0.2, 0.25) is 5.02 Å². The van der Waals surface area contributed by atoms with Crippen LogP contribution in [0.1, 0.15) is 0 Å². The van der Waals surface area contributed by atoms with Crippen molar-refractivity contribution in [2.75, 3.05) is 50.1 Å². The molecule has 26 heavy (non-hydrogen) atoms. The molecule has 1 saturated heterocycles. The molecule has 7 heteroatoms. The number of anilines is 2. The van der Waals surface area contributed by atoms with Crippen LogP contribution in [-0.4, -0.2) is 50.6 Å². The average Bonchev–Trinajstić information content (AvgIpc) is 2.69. The standard InChI is InChI=1S/C19H21ClFN3O2/c1-26-15-7-5-14(6-8-15)23-9-11-24(12-10-23)18(25)13-22-17-4-2-3-16(20)19(17)21/h2-8,22H,9-13H2,1H3. The Morgan fingerprint density at radius 1 is 1.15 bits per heavy atom. The molecule has 2 aromatic carbocycles. The second-order valence-electron chi connectivity index (χ2n) is 6.02. The molecule has 1 N–H and O–H groups in total. The number of ether oxygens (including phenoxy) is 1. The minimum absolute atomic E-state index is 0.0376. The molecule has 1 aliphatic heterocycles. The number of methoxy groups -OCH3 is 1. The zero-order valence-corrected chi connectivity index (χ0v) is 15.3. The number of benzene rings is 2. The molecule has 1 aliphatic rings. The molecule has 0 atom stereocenters. The summed E-state index contributed by atoms with van der Waals surface area (Å²) in [6, 6.07) is 12.6. The topological polar surface area (TPSA) is 44.8 Å². The van der Waals surface area contributed by atoms with Crippen LogP contribution in [0.3, 0.4) is 0 Å². The highest BCUT2D eigenvalue weighted by atomic mass is 35.5. The summed E-state index contributed by atoms with van der Waals surface area (Å²) < 4.78 is 19.0. The quantitative estimate of drug-likeness (QED) is 0.868. The van der Waals surface area contributed by atoms with Crippen LogP contribution < -0.4 is 15.0 Å². The maximum absolute atomic E-state index is 13.9. The van der Waals surface area contributed by atoms with Crippen molar-refractivity contribution in [2.24, 2.45) is 0 Å². The van der Waals surface area contributed by atoms with E-state index in [0.29, 0.717) is 13.1 Å². The Balaban J connectivity index is 1.51. The summed E-state index contributed by atoms with van der Waals surface area (Å²) in [6.45, 7) is 2.81. The Morgan fingerprint density at radius 2 is 1.85 bits per heavy atom. The van der Waals surface area contributed by atoms with Gasteiger partial charge in [0.25, 0.3) is 0 Å². The first-order chi connectivity index (χ1) is 12.6. The Bertz CT molecular complexity index is 762. The molecule has 0 unspecified atom stereocenters. The second kappa shape index (κ2) is 8.27. The van der Waals surface area contributed by atoms with Gasteiger partial charge in [0, 0.05) is 31.9 Å². The van der Waals surface area contributed by atoms with E-state index in [0.717, 1.165) is 24.5 Å². The third-order valence-corrected chi connectivity index (χ3v) is 4.74. The van der Waals surface area contributed by atoms with Crippen LogP contribution in [0.5, 0.6) is 5.75 Å². The lowest BCUT2D eigenvalue weighted by molar-refractivity contribution is -0.129. The van der Waals surface area contributed by atoms with Gasteiger partial charge in [-0.1, -0.05) is 17.7 Å². The lowest BCUT2D eigenvalue weighted by atomic mass is 10.2. The fourth-order valence-corrected chi connectivity index (χ4v) is 3.10. The summed E-state index contributed by atoms with van der Waals surface area (Å²) in [5.74, 6) is 0.229. The molecular formula is C19H21ClFN3O2. The molecule has 3 rings (SSSR count). The maximum Gasteiger partial charge on any atom is 0.241 e. The van der Waals surface area contributed by atoms with Crippen LogP contribution in [0.15, 0.2) is 42.5 Å². The van der Waals surface area contributed by atoms with E-state index in [2.05, 4.69) is 10.2 Å². The van der Waals surface area contributed by atoms with Crippen molar-refractivity contribution in [2.45, 2.75) is 0 Å². The largest absolute Gasteiger partial charge is 0.497 e. The number of amides is 1. The fraction of sp³-hybridized carbons (Fsp3) is 0.316. The van der Waals surface area contributed by atoms with Crippen molar-refractivity contribution in [3.05, 3.63) is 53.3 Å². The van der Waals surface area contributed by atoms with E-state index in [-0.39, 0.29) is 23.2 Å². The fourth-order valence-electron chi connectivity index (χ4n) is 2.93. The first-order valence-corrected chi connectivity index (χ1v) is 8.81. The van der Waals surface area contributed by atoms with Crippen molar-refractivity contribution in [1.29, 1.82) is 0 Å². The van der Waals surface area contributed by atoms with E-state index in [9.17, 15) is 9.18 Å². The lowest BCUT2D eigenvalue weighted by Gasteiger charge is -2.36. The van der Waals surface area contributed by atoms with Crippen molar-refractivity contribution < 1.29 is 13.9 Å². The molecule has 138 valence electrons. The van der Waals surface area contributed by atoms with Gasteiger partial charge in [-0.3, -0.25) is 4.79 Å². The second-order valence-corrected chi connectivity index (χ2v) is 6.43. The van der Waals surface area contributed by atoms with Crippen LogP contribution in [-0.2, 0) is 4.79 Å². The van der Waals surface area contributed by atoms with Gasteiger partial charge in [-0.2, -0.15) is 0 Å². The zero-order valence-electron chi connectivity index (χ0n) is 14.5. The van der Waals surface area contributed by atoms with E-state index in [1.54, 1.807) is 24.1 Å². The average molecular weight is 378 g/mol. The Kier molecular flexibility index (Phi) is 5.83. The van der Waals surface area contributed by atoms with Crippen LogP contribution in [0.25, 0.3) is 0 Å². The Hall–Kier alpha value is -2.47. The monoisotopic (exact) mass is 377 g/mol. The van der Waals surface area contributed by atoms with Crippen LogP contribution in [0, 0.1) is 5.82 Å². The number of carbonyl (C=O) groups excluding carboxylic acids is 1. The van der Waals surface area contributed by atoms with E-state index >= 15 is 0 Å². The normalized spacial score (nSPS) is 14.3. The van der Waals surface area contributed by atoms with Crippen molar-refractivity contribution in [1.82, 2.24) is 4.90 Å². The van der Waals surface area contributed by atoms with E-state index < -0.39 is 5.82 Å². The molecule has 0 saturated carbocycles. The zero-order chi connectivity index (χ0) is 18.5. The highest BCUT2D eigenvalue weighted by Gasteiger charge is 2.21. The van der Waals surface area contributed by atoms with Crippen molar-refractivity contribution in [3.8, 4) is 5.75 Å². The summed E-state index contributed by atoms with van der Waals surface area (Å²) in [5.41, 5.74) is 1.35. The van der Waals surface area contributed by atoms with Gasteiger partial charge < -0.3 is 19.9 Å². The van der Waals surface area contributed by atoms with Gasteiger partial charge >= 0.3 is 0 Å². The van der Waals surface area contributed by atoms with E-state index in [1.165, 1.54) is 6.07 Å². The Labute approximate surface area is 157 Å². The molecule has 0 aromatic heterocycles. The number of hydrogen-bond donors (Lipinski definition) is 1. The number of rotatable bonds is 5. The summed E-state index contributed by atoms with van der Waals surface area (Å²) in [6.07, 6.45) is 0. The highest BCUT2D eigenvalue weighted by molar-refractivity contribution is 6.31. The number of nitrogens with zero attached hydrogens (tertiary/aromatic N) is 2. The van der Waals surface area contributed by atoms with Crippen molar-refractivity contribution >= 4 is 28.9 Å². The third kappa shape index (κ3) is 4.19. The highest BCUT2D eigenvalue weighted by Crippen LogP contribution is 2.22. The number of nitrogens with one attached hydrogen (secondary N) is 1. The van der Waals surface area contributed by atoms with E-state index in [1.807, 2.05) is 24.3 Å². The minimum Gasteiger partial charge on any atom is -0.497 e. The summed E-state index contributed by atoms with van der Waals surface area (Å²) in [5, 5.41) is 2.87. The van der Waals surface area contributed by atoms with Gasteiger partial charge in [0.05, 0.1) is 24.4 Å². The van der Waals surface area contributed by atoms with E-state index in [4.69, 9.17) is 16.3 Å². The molecule has 1 amide bonds. The smallest absolute Gasteiger partial charge is 0.241 e. The number of piperazine rings is 1. The molecule has 2 aromatic rings. The third-order valence-electron chi connectivity index (χ3n) is 4.45. The van der Waals surface area contributed by atoms with Crippen molar-refractivity contribution in [3.63, 3.8) is 0 Å². The molecule has 0 bridgehead atoms. The van der Waals surface area contributed by atoms with Gasteiger partial charge in [0.1, 0.15) is 5.75 Å². The minimum atomic E-state index is -0.536. The summed E-state index contributed by atoms with van der Waals surface area (Å²) >= 11 is 5.75. The SMILES string of the molecule is COc1ccc(N2CCN(C(=O)CNc3cccc(Cl)c3F)CC2)cc1. The van der Waals surface area contributed by atoms with Gasteiger partial charge in [-0.05, 0) is 36.4 Å². The molecule has 0 radical (unpaired) electrons. The summed E-state index contributed by atoms with van der Waals surface area (Å²) in [4.78, 5) is 16.4. The first kappa shape index (κ1) is 18.3. The number of carbonyl (C=O) groups is 1. The van der Waals surface area contributed by atoms with Crippen LogP contribution >= 0.6 is 11.6 Å². The van der Waals surface area contributed by atoms with Gasteiger partial charge in [0.15, 0.2) is 5.82 Å². The number of halogens is 2. The Morgan fingerprint density at radius 3 is 2.50 bits per heavy atom. The van der Waals surface area contributed by atoms with Crippen LogP contribution in [0.4, 0.5) is 15.8 Å². The lowest BCUT2D eigenvalue weighted by Crippen LogP contribution is -2.50. The first-order valence-electron chi connectivity index (χ1n) is 8.43. The predicted molar refractivity (Wildman–Crippen MR) is 102 cm³/mol. The van der Waals surface area contributed by atoms with Gasteiger partial charge in [-0.15, -0.1) is 0 Å². The predicted octanol–water partition coefficient (Wildman–Crippen LogP) is 3.25. The molecule has 0 aliphatic carbocycles. The maximum atomic E-state index is 13.9. The van der Waals surface area contributed by atoms with Gasteiger partial charge in [0.2, 0.25) is 5.91 Å².